The predicted octanol–water partition coefficient (Wildman–Crippen LogP) is 1.94. The molecule has 0 heterocycles. The first-order valence-electron chi connectivity index (χ1n) is 6.73. The Morgan fingerprint density at radius 3 is 2.32 bits per heavy atom. The van der Waals surface area contributed by atoms with Crippen molar-refractivity contribution in [1.29, 1.82) is 5.26 Å². The van der Waals surface area contributed by atoms with Gasteiger partial charge in [0, 0.05) is 11.1 Å². The summed E-state index contributed by atoms with van der Waals surface area (Å²) in [5, 5.41) is 29.7. The van der Waals surface area contributed by atoms with Crippen LogP contribution >= 0.6 is 0 Å². The Hall–Kier alpha value is -2.26. The van der Waals surface area contributed by atoms with E-state index in [0.717, 1.165) is 0 Å². The van der Waals surface area contributed by atoms with Crippen LogP contribution in [0.1, 0.15) is 22.3 Å². The molecule has 22 heavy (non-hydrogen) atoms. The fourth-order valence-electron chi connectivity index (χ4n) is 2.47. The van der Waals surface area contributed by atoms with Crippen LogP contribution in [0.5, 0.6) is 0 Å². The average molecular weight is 300 g/mol. The van der Waals surface area contributed by atoms with Gasteiger partial charge in [-0.2, -0.15) is 5.26 Å². The molecule has 0 aliphatic heterocycles. The molecule has 0 bridgehead atoms. The molecule has 2 aromatic rings. The Morgan fingerprint density at radius 2 is 1.82 bits per heavy atom. The number of hydrogen-bond donors (Lipinski definition) is 2. The van der Waals surface area contributed by atoms with Gasteiger partial charge in [-0.05, 0) is 43.9 Å². The second kappa shape index (κ2) is 6.24. The van der Waals surface area contributed by atoms with Crippen LogP contribution < -0.4 is 0 Å². The summed E-state index contributed by atoms with van der Waals surface area (Å²) in [5.74, 6) is -0.396. The van der Waals surface area contributed by atoms with Gasteiger partial charge in [-0.1, -0.05) is 18.2 Å². The van der Waals surface area contributed by atoms with Crippen molar-refractivity contribution in [2.75, 3.05) is 14.1 Å². The SMILES string of the molecule is CN(C)C(O)(c1ccc(F)cc1)c1ccc(C#N)cc1CO. The molecule has 0 amide bonds. The highest BCUT2D eigenvalue weighted by molar-refractivity contribution is 5.44. The number of halogens is 1. The molecule has 0 radical (unpaired) electrons. The molecule has 114 valence electrons. The van der Waals surface area contributed by atoms with Gasteiger partial charge < -0.3 is 10.2 Å². The third-order valence-electron chi connectivity index (χ3n) is 3.67. The van der Waals surface area contributed by atoms with Crippen molar-refractivity contribution in [2.24, 2.45) is 0 Å². The molecule has 0 aromatic heterocycles. The van der Waals surface area contributed by atoms with Gasteiger partial charge in [-0.3, -0.25) is 4.90 Å². The Balaban J connectivity index is 2.67. The Morgan fingerprint density at radius 1 is 1.18 bits per heavy atom. The maximum Gasteiger partial charge on any atom is 0.170 e. The van der Waals surface area contributed by atoms with E-state index in [2.05, 4.69) is 0 Å². The molecule has 0 fully saturated rings. The van der Waals surface area contributed by atoms with Gasteiger partial charge in [-0.15, -0.1) is 0 Å². The zero-order valence-corrected chi connectivity index (χ0v) is 12.4. The van der Waals surface area contributed by atoms with Crippen LogP contribution in [0.15, 0.2) is 42.5 Å². The van der Waals surface area contributed by atoms with Gasteiger partial charge in [0.05, 0.1) is 18.2 Å². The summed E-state index contributed by atoms with van der Waals surface area (Å²) in [6, 6.07) is 12.2. The van der Waals surface area contributed by atoms with Gasteiger partial charge in [0.2, 0.25) is 0 Å². The third kappa shape index (κ3) is 2.72. The van der Waals surface area contributed by atoms with Crippen molar-refractivity contribution in [1.82, 2.24) is 4.90 Å². The van der Waals surface area contributed by atoms with Crippen LogP contribution in [-0.4, -0.2) is 29.2 Å². The molecular formula is C17H17FN2O2. The van der Waals surface area contributed by atoms with E-state index in [-0.39, 0.29) is 6.61 Å². The predicted molar refractivity (Wildman–Crippen MR) is 80.2 cm³/mol. The van der Waals surface area contributed by atoms with Gasteiger partial charge in [0.15, 0.2) is 5.72 Å². The molecule has 2 rings (SSSR count). The second-order valence-corrected chi connectivity index (χ2v) is 5.22. The summed E-state index contributed by atoms with van der Waals surface area (Å²) >= 11 is 0. The van der Waals surface area contributed by atoms with Crippen molar-refractivity contribution in [3.8, 4) is 6.07 Å². The van der Waals surface area contributed by atoms with E-state index in [9.17, 15) is 14.6 Å². The fourth-order valence-corrected chi connectivity index (χ4v) is 2.47. The molecule has 1 unspecified atom stereocenters. The maximum atomic E-state index is 13.2. The Labute approximate surface area is 128 Å². The minimum Gasteiger partial charge on any atom is -0.392 e. The van der Waals surface area contributed by atoms with E-state index in [4.69, 9.17) is 5.26 Å². The lowest BCUT2D eigenvalue weighted by Gasteiger charge is -2.37. The summed E-state index contributed by atoms with van der Waals surface area (Å²) in [7, 11) is 3.37. The van der Waals surface area contributed by atoms with Crippen LogP contribution in [0.4, 0.5) is 4.39 Å². The van der Waals surface area contributed by atoms with Crippen molar-refractivity contribution < 1.29 is 14.6 Å². The summed E-state index contributed by atoms with van der Waals surface area (Å²) in [6.45, 7) is -0.317. The largest absolute Gasteiger partial charge is 0.392 e. The number of nitriles is 1. The van der Waals surface area contributed by atoms with E-state index in [1.54, 1.807) is 31.1 Å². The van der Waals surface area contributed by atoms with Crippen molar-refractivity contribution in [2.45, 2.75) is 12.3 Å². The number of aliphatic hydroxyl groups is 2. The zero-order valence-electron chi connectivity index (χ0n) is 12.4. The standard InChI is InChI=1S/C17H17FN2O2/c1-20(2)17(22,14-4-6-15(18)7-5-14)16-8-3-12(10-19)9-13(16)11-21/h3-9,21-22H,11H2,1-2H3. The van der Waals surface area contributed by atoms with Crippen LogP contribution in [0.25, 0.3) is 0 Å². The van der Waals surface area contributed by atoms with Gasteiger partial charge in [-0.25, -0.2) is 4.39 Å². The number of aliphatic hydroxyl groups excluding tert-OH is 1. The molecule has 4 nitrogen and oxygen atoms in total. The quantitative estimate of drug-likeness (QED) is 0.847. The van der Waals surface area contributed by atoms with E-state index in [1.165, 1.54) is 30.3 Å². The highest BCUT2D eigenvalue weighted by atomic mass is 19.1. The average Bonchev–Trinajstić information content (AvgIpc) is 2.53. The van der Waals surface area contributed by atoms with Gasteiger partial charge in [0.1, 0.15) is 5.82 Å². The number of benzene rings is 2. The first-order valence-corrected chi connectivity index (χ1v) is 6.73. The third-order valence-corrected chi connectivity index (χ3v) is 3.67. The molecule has 2 N–H and O–H groups in total. The first kappa shape index (κ1) is 16.1. The number of rotatable bonds is 4. The van der Waals surface area contributed by atoms with E-state index in [1.807, 2.05) is 6.07 Å². The first-order chi connectivity index (χ1) is 10.4. The molecule has 1 atom stereocenters. The van der Waals surface area contributed by atoms with Crippen molar-refractivity contribution in [3.63, 3.8) is 0 Å². The summed E-state index contributed by atoms with van der Waals surface area (Å²) < 4.78 is 13.2. The monoisotopic (exact) mass is 300 g/mol. The molecule has 5 heteroatoms. The molecule has 0 aliphatic rings. The van der Waals surface area contributed by atoms with Crippen LogP contribution in [0.2, 0.25) is 0 Å². The molecule has 0 saturated heterocycles. The summed E-state index contributed by atoms with van der Waals surface area (Å²) in [6.07, 6.45) is 0. The number of nitrogens with zero attached hydrogens (tertiary/aromatic N) is 2. The second-order valence-electron chi connectivity index (χ2n) is 5.22. The number of hydrogen-bond acceptors (Lipinski definition) is 4. The van der Waals surface area contributed by atoms with Crippen LogP contribution in [0.3, 0.4) is 0 Å². The van der Waals surface area contributed by atoms with Crippen molar-refractivity contribution >= 4 is 0 Å². The fraction of sp³-hybridized carbons (Fsp3) is 0.235. The lowest BCUT2D eigenvalue weighted by Crippen LogP contribution is -2.43. The van der Waals surface area contributed by atoms with Crippen molar-refractivity contribution in [3.05, 3.63) is 70.5 Å². The Bertz CT molecular complexity index is 708. The summed E-state index contributed by atoms with van der Waals surface area (Å²) in [5.41, 5.74) is 0.219. The molecule has 2 aromatic carbocycles. The summed E-state index contributed by atoms with van der Waals surface area (Å²) in [4.78, 5) is 1.57. The minimum atomic E-state index is -1.54. The topological polar surface area (TPSA) is 67.5 Å². The van der Waals surface area contributed by atoms with E-state index in [0.29, 0.717) is 22.3 Å². The van der Waals surface area contributed by atoms with E-state index < -0.39 is 11.5 Å². The molecule has 0 saturated carbocycles. The van der Waals surface area contributed by atoms with E-state index >= 15 is 0 Å². The smallest absolute Gasteiger partial charge is 0.170 e. The normalized spacial score (nSPS) is 13.7. The molecule has 0 spiro atoms. The lowest BCUT2D eigenvalue weighted by molar-refractivity contribution is -0.0521. The zero-order chi connectivity index (χ0) is 16.3. The van der Waals surface area contributed by atoms with Crippen LogP contribution in [0, 0.1) is 17.1 Å². The van der Waals surface area contributed by atoms with Gasteiger partial charge in [0.25, 0.3) is 0 Å². The van der Waals surface area contributed by atoms with Gasteiger partial charge >= 0.3 is 0 Å². The molecular weight excluding hydrogens is 283 g/mol. The maximum absolute atomic E-state index is 13.2. The highest BCUT2D eigenvalue weighted by Crippen LogP contribution is 2.34. The van der Waals surface area contributed by atoms with Crippen LogP contribution in [-0.2, 0) is 12.3 Å². The molecule has 0 aliphatic carbocycles. The Kier molecular flexibility index (Phi) is 4.57. The lowest BCUT2D eigenvalue weighted by atomic mass is 9.89. The highest BCUT2D eigenvalue weighted by Gasteiger charge is 2.36. The minimum absolute atomic E-state index is 0.317.